The highest BCUT2D eigenvalue weighted by atomic mass is 19.2. The maximum atomic E-state index is 17.6. The zero-order valence-corrected chi connectivity index (χ0v) is 30.7. The van der Waals surface area contributed by atoms with Crippen molar-refractivity contribution in [2.75, 3.05) is 31.1 Å². The highest BCUT2D eigenvalue weighted by Crippen LogP contribution is 2.55. The number of carbonyl (C=O) groups excluding carboxylic acids is 1. The summed E-state index contributed by atoms with van der Waals surface area (Å²) < 4.78 is 79.2. The Morgan fingerprint density at radius 3 is 2.52 bits per heavy atom. The fourth-order valence-corrected chi connectivity index (χ4v) is 9.87. The quantitative estimate of drug-likeness (QED) is 0.118. The Hall–Kier alpha value is -4.70. The van der Waals surface area contributed by atoms with Gasteiger partial charge in [0.15, 0.2) is 5.82 Å². The molecule has 7 heterocycles. The van der Waals surface area contributed by atoms with E-state index in [1.54, 1.807) is 45.0 Å². The molecular weight excluding hydrogens is 700 g/mol. The molecule has 0 spiro atoms. The number of amides is 1. The number of rotatable bonds is 4. The summed E-state index contributed by atoms with van der Waals surface area (Å²) in [6.45, 7) is 6.73. The van der Waals surface area contributed by atoms with Crippen LogP contribution in [0.1, 0.15) is 83.4 Å². The van der Waals surface area contributed by atoms with E-state index < -0.39 is 47.5 Å². The Kier molecular flexibility index (Phi) is 7.88. The molecule has 54 heavy (non-hydrogen) atoms. The van der Waals surface area contributed by atoms with Crippen LogP contribution in [0.3, 0.4) is 0 Å². The first-order chi connectivity index (χ1) is 25.8. The van der Waals surface area contributed by atoms with E-state index in [9.17, 15) is 4.79 Å². The average molecular weight is 743 g/mol. The van der Waals surface area contributed by atoms with Gasteiger partial charge in [-0.05, 0) is 90.3 Å². The molecule has 3 atom stereocenters. The zero-order chi connectivity index (χ0) is 37.8. The Labute approximate surface area is 311 Å². The number of terminal acetylenes is 1. The second-order valence-electron chi connectivity index (χ2n) is 16.5. The predicted octanol–water partition coefficient (Wildman–Crippen LogP) is 8.00. The van der Waals surface area contributed by atoms with Crippen LogP contribution in [0.25, 0.3) is 32.9 Å². The molecular formula is C41H42F4N6O3. The number of anilines is 1. The highest BCUT2D eigenvalue weighted by molar-refractivity contribution is 6.02. The molecule has 4 fully saturated rings. The molecule has 4 aromatic rings. The van der Waals surface area contributed by atoms with E-state index in [4.69, 9.17) is 25.9 Å². The van der Waals surface area contributed by atoms with Crippen LogP contribution in [0.5, 0.6) is 6.01 Å². The van der Waals surface area contributed by atoms with Crippen LogP contribution in [-0.2, 0) is 11.2 Å². The van der Waals surface area contributed by atoms with Crippen molar-refractivity contribution >= 4 is 33.6 Å². The summed E-state index contributed by atoms with van der Waals surface area (Å²) in [7, 11) is 0. The fourth-order valence-electron chi connectivity index (χ4n) is 9.87. The standard InChI is InChI=1S/C41H42F4N6O3/c1-5-25-27(42)15-14-24-10-6-11-26(30(24)25)33-32(43)34-31-28(46-33)12-7-13-29-41(45)19-18-40(44,51(41)37(52)54-38(2,3)4)22-50(29)35(31)48-36(47-34)53-23-39-16-8-20-49(39)21-9-17-39/h1,6,10-11,14-15,29H,7-9,12-13,16-23H2,2-4H3/t29-,40-,41+/m1/s1. The van der Waals surface area contributed by atoms with E-state index in [-0.39, 0.29) is 71.8 Å². The number of aromatic nitrogens is 3. The van der Waals surface area contributed by atoms with Gasteiger partial charge in [0.05, 0.1) is 34.8 Å². The summed E-state index contributed by atoms with van der Waals surface area (Å²) in [5.74, 6) is -3.79. The van der Waals surface area contributed by atoms with Gasteiger partial charge in [0.2, 0.25) is 11.6 Å². The number of hydrogen-bond donors (Lipinski definition) is 0. The van der Waals surface area contributed by atoms with Gasteiger partial charge in [0.1, 0.15) is 35.1 Å². The van der Waals surface area contributed by atoms with E-state index in [0.29, 0.717) is 33.4 Å². The van der Waals surface area contributed by atoms with Crippen LogP contribution in [0, 0.1) is 24.0 Å². The number of carbonyl (C=O) groups is 1. The molecule has 13 heteroatoms. The lowest BCUT2D eigenvalue weighted by Gasteiger charge is -2.52. The lowest BCUT2D eigenvalue weighted by Crippen LogP contribution is -2.71. The monoisotopic (exact) mass is 742 g/mol. The first-order valence-corrected chi connectivity index (χ1v) is 18.9. The lowest BCUT2D eigenvalue weighted by atomic mass is 9.90. The number of hydrogen-bond acceptors (Lipinski definition) is 8. The molecule has 2 aromatic carbocycles. The normalized spacial score (nSPS) is 26.0. The minimum atomic E-state index is -2.44. The van der Waals surface area contributed by atoms with Crippen molar-refractivity contribution in [3.63, 3.8) is 0 Å². The molecule has 5 aliphatic rings. The number of pyridine rings is 1. The highest BCUT2D eigenvalue weighted by Gasteiger charge is 2.69. The van der Waals surface area contributed by atoms with Crippen LogP contribution >= 0.6 is 0 Å². The van der Waals surface area contributed by atoms with Crippen LogP contribution in [-0.4, -0.2) is 85.9 Å². The largest absolute Gasteiger partial charge is 0.461 e. The minimum Gasteiger partial charge on any atom is -0.461 e. The third kappa shape index (κ3) is 5.23. The number of fused-ring (bicyclic) bond motifs is 7. The molecule has 0 radical (unpaired) electrons. The van der Waals surface area contributed by atoms with E-state index in [1.165, 1.54) is 11.0 Å². The van der Waals surface area contributed by atoms with E-state index in [0.717, 1.165) is 38.8 Å². The second-order valence-corrected chi connectivity index (χ2v) is 16.5. The summed E-state index contributed by atoms with van der Waals surface area (Å²) in [6, 6.07) is 6.85. The number of ether oxygens (including phenoxy) is 2. The molecule has 0 unspecified atom stereocenters. The van der Waals surface area contributed by atoms with Gasteiger partial charge in [-0.2, -0.15) is 9.97 Å². The Morgan fingerprint density at radius 1 is 1.00 bits per heavy atom. The SMILES string of the molecule is C#Cc1c(F)ccc2cccc(-c3nc4c5c(nc(OCC67CCCN6CCC7)nc5c3F)N3C[C@@]5(F)CC[C@@](F)([C@H]3CCC4)N5C(=O)OC(C)(C)C)c12. The molecule has 4 saturated heterocycles. The third-order valence-corrected chi connectivity index (χ3v) is 12.2. The van der Waals surface area contributed by atoms with Crippen LogP contribution in [0.2, 0.25) is 0 Å². The second kappa shape index (κ2) is 12.2. The summed E-state index contributed by atoms with van der Waals surface area (Å²) in [4.78, 5) is 32.5. The van der Waals surface area contributed by atoms with E-state index in [1.807, 2.05) is 0 Å². The zero-order valence-electron chi connectivity index (χ0n) is 30.7. The van der Waals surface area contributed by atoms with E-state index in [2.05, 4.69) is 15.8 Å². The van der Waals surface area contributed by atoms with Crippen molar-refractivity contribution in [1.29, 1.82) is 0 Å². The van der Waals surface area contributed by atoms with Crippen molar-refractivity contribution in [1.82, 2.24) is 24.8 Å². The van der Waals surface area contributed by atoms with Gasteiger partial charge in [0, 0.05) is 23.8 Å². The molecule has 1 amide bonds. The topological polar surface area (TPSA) is 83.9 Å². The summed E-state index contributed by atoms with van der Waals surface area (Å²) >= 11 is 0. The molecule has 0 N–H and O–H groups in total. The van der Waals surface area contributed by atoms with Gasteiger partial charge in [-0.25, -0.2) is 32.2 Å². The maximum Gasteiger partial charge on any atom is 0.415 e. The van der Waals surface area contributed by atoms with Gasteiger partial charge < -0.3 is 14.4 Å². The van der Waals surface area contributed by atoms with Gasteiger partial charge in [0.25, 0.3) is 0 Å². The number of benzene rings is 2. The minimum absolute atomic E-state index is 0.0148. The van der Waals surface area contributed by atoms with Crippen molar-refractivity contribution in [2.45, 2.75) is 107 Å². The van der Waals surface area contributed by atoms with Gasteiger partial charge in [-0.1, -0.05) is 30.2 Å². The van der Waals surface area contributed by atoms with E-state index >= 15 is 17.6 Å². The number of aryl methyl sites for hydroxylation is 1. The summed E-state index contributed by atoms with van der Waals surface area (Å²) in [5.41, 5.74) is -0.664. The Bertz CT molecular complexity index is 2260. The molecule has 9 rings (SSSR count). The van der Waals surface area contributed by atoms with Gasteiger partial charge in [-0.3, -0.25) is 4.90 Å². The Morgan fingerprint density at radius 2 is 1.78 bits per heavy atom. The first-order valence-electron chi connectivity index (χ1n) is 18.9. The first kappa shape index (κ1) is 35.0. The summed E-state index contributed by atoms with van der Waals surface area (Å²) in [5, 5.41) is 1.17. The van der Waals surface area contributed by atoms with Gasteiger partial charge in [-0.15, -0.1) is 6.42 Å². The molecule has 5 aliphatic heterocycles. The smallest absolute Gasteiger partial charge is 0.415 e. The fraction of sp³-hybridized carbons (Fsp3) is 0.512. The number of alkyl halides is 2. The van der Waals surface area contributed by atoms with Crippen molar-refractivity contribution in [3.8, 4) is 29.6 Å². The number of piperazine rings is 1. The van der Waals surface area contributed by atoms with Crippen molar-refractivity contribution in [3.05, 3.63) is 53.2 Å². The molecule has 2 bridgehead atoms. The molecule has 0 aliphatic carbocycles. The van der Waals surface area contributed by atoms with Crippen molar-refractivity contribution < 1.29 is 31.8 Å². The summed E-state index contributed by atoms with van der Waals surface area (Å²) in [6.07, 6.45) is 9.04. The molecule has 9 nitrogen and oxygen atoms in total. The van der Waals surface area contributed by atoms with Gasteiger partial charge >= 0.3 is 12.1 Å². The lowest BCUT2D eigenvalue weighted by molar-refractivity contribution is -0.133. The van der Waals surface area contributed by atoms with Crippen LogP contribution in [0.4, 0.5) is 28.2 Å². The number of halogens is 4. The van der Waals surface area contributed by atoms with Crippen molar-refractivity contribution in [2.24, 2.45) is 0 Å². The predicted molar refractivity (Wildman–Crippen MR) is 195 cm³/mol. The molecule has 282 valence electrons. The molecule has 2 aromatic heterocycles. The van der Waals surface area contributed by atoms with Crippen LogP contribution in [0.15, 0.2) is 30.3 Å². The number of nitrogens with zero attached hydrogens (tertiary/aromatic N) is 6. The Balaban J connectivity index is 1.24. The van der Waals surface area contributed by atoms with Crippen LogP contribution < -0.4 is 9.64 Å². The average Bonchev–Trinajstić information content (AvgIpc) is 3.76. The maximum absolute atomic E-state index is 17.6. The third-order valence-electron chi connectivity index (χ3n) is 12.2. The molecule has 0 saturated carbocycles.